The van der Waals surface area contributed by atoms with Crippen molar-refractivity contribution in [3.8, 4) is 0 Å². The minimum atomic E-state index is -0.334. The molecule has 0 fully saturated rings. The molecule has 1 aromatic carbocycles. The predicted molar refractivity (Wildman–Crippen MR) is 97.0 cm³/mol. The van der Waals surface area contributed by atoms with E-state index in [-0.39, 0.29) is 29.0 Å². The molecule has 5 nitrogen and oxygen atoms in total. The van der Waals surface area contributed by atoms with Gasteiger partial charge in [-0.15, -0.1) is 0 Å². The molecule has 130 valence electrons. The van der Waals surface area contributed by atoms with Gasteiger partial charge in [-0.2, -0.15) is 0 Å². The number of benzene rings is 1. The van der Waals surface area contributed by atoms with Gasteiger partial charge in [-0.3, -0.25) is 14.2 Å². The molecular weight excluding hydrogens is 302 g/mol. The van der Waals surface area contributed by atoms with Crippen molar-refractivity contribution < 1.29 is 4.79 Å². The quantitative estimate of drug-likeness (QED) is 0.938. The van der Waals surface area contributed by atoms with Crippen LogP contribution < -0.4 is 10.9 Å². The number of aryl methyl sites for hydroxylation is 1. The van der Waals surface area contributed by atoms with Gasteiger partial charge in [-0.1, -0.05) is 32.9 Å². The molecule has 24 heavy (non-hydrogen) atoms. The van der Waals surface area contributed by atoms with Crippen molar-refractivity contribution in [1.29, 1.82) is 0 Å². The number of para-hydroxylation sites is 1. The van der Waals surface area contributed by atoms with Crippen molar-refractivity contribution >= 4 is 16.8 Å². The third-order valence-electron chi connectivity index (χ3n) is 3.82. The summed E-state index contributed by atoms with van der Waals surface area (Å²) in [5.41, 5.74) is 1.22. The van der Waals surface area contributed by atoms with Crippen molar-refractivity contribution in [2.24, 2.45) is 5.41 Å². The van der Waals surface area contributed by atoms with Gasteiger partial charge in [0.15, 0.2) is 0 Å². The van der Waals surface area contributed by atoms with Crippen LogP contribution >= 0.6 is 0 Å². The molecule has 1 heterocycles. The van der Waals surface area contributed by atoms with Gasteiger partial charge < -0.3 is 5.32 Å². The highest BCUT2D eigenvalue weighted by atomic mass is 16.2. The predicted octanol–water partition coefficient (Wildman–Crippen LogP) is 3.04. The van der Waals surface area contributed by atoms with E-state index in [1.165, 1.54) is 10.9 Å². The first-order valence-corrected chi connectivity index (χ1v) is 8.24. The first-order chi connectivity index (χ1) is 11.0. The van der Waals surface area contributed by atoms with E-state index in [4.69, 9.17) is 0 Å². The van der Waals surface area contributed by atoms with E-state index in [0.29, 0.717) is 10.9 Å². The Morgan fingerprint density at radius 1 is 1.21 bits per heavy atom. The average molecular weight is 329 g/mol. The van der Waals surface area contributed by atoms with Crippen LogP contribution in [0.25, 0.3) is 10.9 Å². The highest BCUT2D eigenvalue weighted by Crippen LogP contribution is 2.26. The van der Waals surface area contributed by atoms with Crippen molar-refractivity contribution in [2.75, 3.05) is 0 Å². The van der Waals surface area contributed by atoms with Crippen LogP contribution in [0.3, 0.4) is 0 Å². The minimum absolute atomic E-state index is 0.0245. The number of fused-ring (bicyclic) bond motifs is 1. The largest absolute Gasteiger partial charge is 0.350 e. The van der Waals surface area contributed by atoms with Crippen LogP contribution in [0.2, 0.25) is 0 Å². The summed E-state index contributed by atoms with van der Waals surface area (Å²) >= 11 is 0. The molecule has 0 aliphatic carbocycles. The number of nitrogens with one attached hydrogen (secondary N) is 1. The van der Waals surface area contributed by atoms with E-state index in [0.717, 1.165) is 12.0 Å². The summed E-state index contributed by atoms with van der Waals surface area (Å²) in [7, 11) is 0. The van der Waals surface area contributed by atoms with Crippen LogP contribution in [0.15, 0.2) is 29.3 Å². The Labute approximate surface area is 143 Å². The van der Waals surface area contributed by atoms with Crippen LogP contribution in [-0.2, 0) is 11.3 Å². The number of amides is 1. The molecule has 0 unspecified atom stereocenters. The first-order valence-electron chi connectivity index (χ1n) is 8.24. The van der Waals surface area contributed by atoms with Crippen LogP contribution in [0.1, 0.15) is 46.6 Å². The molecule has 0 bridgehead atoms. The van der Waals surface area contributed by atoms with E-state index < -0.39 is 0 Å². The summed E-state index contributed by atoms with van der Waals surface area (Å²) < 4.78 is 1.37. The van der Waals surface area contributed by atoms with Crippen LogP contribution in [0.5, 0.6) is 0 Å². The van der Waals surface area contributed by atoms with Gasteiger partial charge in [0.05, 0.1) is 17.2 Å². The third kappa shape index (κ3) is 4.43. The summed E-state index contributed by atoms with van der Waals surface area (Å²) in [6.07, 6.45) is 2.30. The van der Waals surface area contributed by atoms with E-state index in [1.807, 2.05) is 32.9 Å². The van der Waals surface area contributed by atoms with Crippen LogP contribution in [-0.4, -0.2) is 21.0 Å². The van der Waals surface area contributed by atoms with Gasteiger partial charge in [-0.25, -0.2) is 4.98 Å². The number of carbonyl (C=O) groups excluding carboxylic acids is 1. The summed E-state index contributed by atoms with van der Waals surface area (Å²) in [6.45, 7) is 12.3. The topological polar surface area (TPSA) is 64.0 Å². The second-order valence-electron chi connectivity index (χ2n) is 8.32. The van der Waals surface area contributed by atoms with Gasteiger partial charge >= 0.3 is 0 Å². The van der Waals surface area contributed by atoms with Gasteiger partial charge in [0.2, 0.25) is 5.91 Å². The molecule has 0 radical (unpaired) electrons. The van der Waals surface area contributed by atoms with Crippen molar-refractivity contribution in [3.63, 3.8) is 0 Å². The van der Waals surface area contributed by atoms with E-state index in [1.54, 1.807) is 6.07 Å². The maximum atomic E-state index is 12.6. The third-order valence-corrected chi connectivity index (χ3v) is 3.82. The zero-order chi connectivity index (χ0) is 18.1. The Bertz CT molecular complexity index is 813. The maximum absolute atomic E-state index is 12.6. The standard InChI is InChI=1S/C19H27N3O2/c1-13-8-7-9-14-16(13)20-12-22(17(14)24)10-15(23)21-19(5,6)11-18(2,3)4/h7-9,12H,10-11H2,1-6H3,(H,21,23). The fourth-order valence-corrected chi connectivity index (χ4v) is 3.39. The second kappa shape index (κ2) is 6.38. The van der Waals surface area contributed by atoms with E-state index in [9.17, 15) is 9.59 Å². The fourth-order valence-electron chi connectivity index (χ4n) is 3.39. The summed E-state index contributed by atoms with van der Waals surface area (Å²) in [5.74, 6) is -0.180. The van der Waals surface area contributed by atoms with Gasteiger partial charge in [-0.05, 0) is 44.2 Å². The SMILES string of the molecule is Cc1cccc2c(=O)n(CC(=O)NC(C)(C)CC(C)(C)C)cnc12. The molecule has 0 aliphatic rings. The van der Waals surface area contributed by atoms with E-state index >= 15 is 0 Å². The summed E-state index contributed by atoms with van der Waals surface area (Å²) in [6, 6.07) is 5.49. The lowest BCUT2D eigenvalue weighted by Gasteiger charge is -2.33. The number of rotatable bonds is 4. The molecule has 0 atom stereocenters. The van der Waals surface area contributed by atoms with Crippen LogP contribution in [0.4, 0.5) is 0 Å². The second-order valence-corrected chi connectivity index (χ2v) is 8.32. The minimum Gasteiger partial charge on any atom is -0.350 e. The van der Waals surface area contributed by atoms with Gasteiger partial charge in [0.25, 0.3) is 5.56 Å². The molecule has 1 amide bonds. The van der Waals surface area contributed by atoms with Crippen molar-refractivity contribution in [2.45, 2.75) is 60.0 Å². The number of nitrogens with zero attached hydrogens (tertiary/aromatic N) is 2. The van der Waals surface area contributed by atoms with Crippen molar-refractivity contribution in [3.05, 3.63) is 40.4 Å². The smallest absolute Gasteiger partial charge is 0.261 e. The maximum Gasteiger partial charge on any atom is 0.261 e. The number of carbonyl (C=O) groups is 1. The van der Waals surface area contributed by atoms with E-state index in [2.05, 4.69) is 31.1 Å². The van der Waals surface area contributed by atoms with Crippen LogP contribution in [0, 0.1) is 12.3 Å². The molecular formula is C19H27N3O2. The molecule has 2 aromatic rings. The zero-order valence-electron chi connectivity index (χ0n) is 15.4. The lowest BCUT2D eigenvalue weighted by Crippen LogP contribution is -2.47. The molecule has 2 rings (SSSR count). The molecule has 1 aromatic heterocycles. The van der Waals surface area contributed by atoms with Gasteiger partial charge in [0, 0.05) is 5.54 Å². The molecule has 0 saturated heterocycles. The summed E-state index contributed by atoms with van der Waals surface area (Å²) in [5, 5.41) is 3.56. The zero-order valence-corrected chi connectivity index (χ0v) is 15.4. The molecule has 1 N–H and O–H groups in total. The summed E-state index contributed by atoms with van der Waals surface area (Å²) in [4.78, 5) is 29.3. The first kappa shape index (κ1) is 18.2. The molecule has 0 saturated carbocycles. The lowest BCUT2D eigenvalue weighted by atomic mass is 9.82. The number of hydrogen-bond acceptors (Lipinski definition) is 3. The molecule has 5 heteroatoms. The number of aromatic nitrogens is 2. The molecule has 0 spiro atoms. The fraction of sp³-hybridized carbons (Fsp3) is 0.526. The van der Waals surface area contributed by atoms with Crippen molar-refractivity contribution in [1.82, 2.24) is 14.9 Å². The van der Waals surface area contributed by atoms with Gasteiger partial charge in [0.1, 0.15) is 6.54 Å². The molecule has 0 aliphatic heterocycles. The Morgan fingerprint density at radius 2 is 1.88 bits per heavy atom. The Balaban J connectivity index is 2.20. The normalized spacial score (nSPS) is 12.4. The Hall–Kier alpha value is -2.17. The Kier molecular flexibility index (Phi) is 4.83. The monoisotopic (exact) mass is 329 g/mol. The average Bonchev–Trinajstić information content (AvgIpc) is 2.39. The lowest BCUT2D eigenvalue weighted by molar-refractivity contribution is -0.123. The highest BCUT2D eigenvalue weighted by Gasteiger charge is 2.27. The highest BCUT2D eigenvalue weighted by molar-refractivity contribution is 5.81. The number of hydrogen-bond donors (Lipinski definition) is 1. The Morgan fingerprint density at radius 3 is 2.50 bits per heavy atom.